The standard InChI is InChI=1S/C11H17N5O3S2/c1-7(2)14-8(17)6-13-21(18,19)10-9(12-3)15-11-16(10)4-5-20-11/h4-5,7,12-13H,6H2,1-3H3,(H,14,17). The first-order chi connectivity index (χ1) is 9.85. The second kappa shape index (κ2) is 6.00. The highest BCUT2D eigenvalue weighted by molar-refractivity contribution is 7.89. The number of nitrogens with zero attached hydrogens (tertiary/aromatic N) is 2. The Labute approximate surface area is 126 Å². The highest BCUT2D eigenvalue weighted by Gasteiger charge is 2.25. The van der Waals surface area contributed by atoms with Gasteiger partial charge in [-0.05, 0) is 13.8 Å². The average molecular weight is 331 g/mol. The fourth-order valence-electron chi connectivity index (χ4n) is 1.79. The monoisotopic (exact) mass is 331 g/mol. The van der Waals surface area contributed by atoms with E-state index in [-0.39, 0.29) is 29.3 Å². The zero-order valence-corrected chi connectivity index (χ0v) is 13.5. The Morgan fingerprint density at radius 2 is 2.19 bits per heavy atom. The van der Waals surface area contributed by atoms with Crippen molar-refractivity contribution in [2.75, 3.05) is 18.9 Å². The maximum atomic E-state index is 12.4. The smallest absolute Gasteiger partial charge is 0.260 e. The molecule has 2 heterocycles. The topological polar surface area (TPSA) is 105 Å². The molecule has 0 saturated heterocycles. The SMILES string of the molecule is CNc1nc2sccn2c1S(=O)(=O)NCC(=O)NC(C)C. The predicted octanol–water partition coefficient (Wildman–Crippen LogP) is 0.240. The van der Waals surface area contributed by atoms with E-state index >= 15 is 0 Å². The highest BCUT2D eigenvalue weighted by atomic mass is 32.2. The quantitative estimate of drug-likeness (QED) is 0.703. The number of hydrogen-bond acceptors (Lipinski definition) is 6. The number of carbonyl (C=O) groups excluding carboxylic acids is 1. The van der Waals surface area contributed by atoms with Crippen molar-refractivity contribution in [3.8, 4) is 0 Å². The summed E-state index contributed by atoms with van der Waals surface area (Å²) in [5.74, 6) is -0.135. The van der Waals surface area contributed by atoms with Crippen LogP contribution in [-0.2, 0) is 14.8 Å². The second-order valence-electron chi connectivity index (χ2n) is 4.62. The third-order valence-electron chi connectivity index (χ3n) is 2.58. The van der Waals surface area contributed by atoms with Crippen molar-refractivity contribution in [2.45, 2.75) is 24.9 Å². The van der Waals surface area contributed by atoms with E-state index in [4.69, 9.17) is 0 Å². The summed E-state index contributed by atoms with van der Waals surface area (Å²) in [6, 6.07) is -0.0478. The van der Waals surface area contributed by atoms with Gasteiger partial charge in [0.25, 0.3) is 10.0 Å². The van der Waals surface area contributed by atoms with Gasteiger partial charge in [-0.15, -0.1) is 11.3 Å². The van der Waals surface area contributed by atoms with Gasteiger partial charge >= 0.3 is 0 Å². The normalized spacial score (nSPS) is 12.0. The Morgan fingerprint density at radius 1 is 1.48 bits per heavy atom. The highest BCUT2D eigenvalue weighted by Crippen LogP contribution is 2.24. The van der Waals surface area contributed by atoms with Gasteiger partial charge in [-0.3, -0.25) is 9.20 Å². The fourth-order valence-corrected chi connectivity index (χ4v) is 3.82. The van der Waals surface area contributed by atoms with Gasteiger partial charge in [0.1, 0.15) is 0 Å². The molecule has 0 aliphatic carbocycles. The Hall–Kier alpha value is -1.65. The molecular weight excluding hydrogens is 314 g/mol. The molecule has 0 aliphatic rings. The lowest BCUT2D eigenvalue weighted by Gasteiger charge is -2.10. The van der Waals surface area contributed by atoms with E-state index in [1.54, 1.807) is 32.5 Å². The van der Waals surface area contributed by atoms with Crippen molar-refractivity contribution in [3.63, 3.8) is 0 Å². The van der Waals surface area contributed by atoms with Gasteiger partial charge in [0.2, 0.25) is 5.91 Å². The number of aromatic nitrogens is 2. The number of thiazole rings is 1. The summed E-state index contributed by atoms with van der Waals surface area (Å²) in [7, 11) is -2.26. The molecule has 0 bridgehead atoms. The van der Waals surface area contributed by atoms with Gasteiger partial charge in [-0.25, -0.2) is 18.1 Å². The minimum atomic E-state index is -3.85. The van der Waals surface area contributed by atoms with Crippen molar-refractivity contribution in [2.24, 2.45) is 0 Å². The number of anilines is 1. The predicted molar refractivity (Wildman–Crippen MR) is 81.1 cm³/mol. The number of imidazole rings is 1. The first kappa shape index (κ1) is 15.7. The lowest BCUT2D eigenvalue weighted by atomic mass is 10.4. The van der Waals surface area contributed by atoms with Crippen LogP contribution in [0.3, 0.4) is 0 Å². The van der Waals surface area contributed by atoms with E-state index in [1.807, 2.05) is 0 Å². The van der Waals surface area contributed by atoms with Crippen LogP contribution in [0.25, 0.3) is 4.96 Å². The van der Waals surface area contributed by atoms with Gasteiger partial charge in [-0.1, -0.05) is 0 Å². The summed E-state index contributed by atoms with van der Waals surface area (Å²) in [6.45, 7) is 3.29. The summed E-state index contributed by atoms with van der Waals surface area (Å²) in [4.78, 5) is 16.3. The van der Waals surface area contributed by atoms with Crippen molar-refractivity contribution in [3.05, 3.63) is 11.6 Å². The number of carbonyl (C=O) groups is 1. The van der Waals surface area contributed by atoms with E-state index in [0.717, 1.165) is 0 Å². The van der Waals surface area contributed by atoms with Gasteiger partial charge in [0.05, 0.1) is 6.54 Å². The van der Waals surface area contributed by atoms with Gasteiger partial charge in [0.15, 0.2) is 15.8 Å². The molecule has 0 unspecified atom stereocenters. The van der Waals surface area contributed by atoms with Crippen LogP contribution in [0.2, 0.25) is 0 Å². The summed E-state index contributed by atoms with van der Waals surface area (Å²) >= 11 is 1.33. The van der Waals surface area contributed by atoms with Gasteiger partial charge in [-0.2, -0.15) is 0 Å². The first-order valence-corrected chi connectivity index (χ1v) is 8.63. The van der Waals surface area contributed by atoms with E-state index in [0.29, 0.717) is 4.96 Å². The van der Waals surface area contributed by atoms with E-state index < -0.39 is 10.0 Å². The number of rotatable bonds is 6. The van der Waals surface area contributed by atoms with E-state index in [1.165, 1.54) is 15.7 Å². The summed E-state index contributed by atoms with van der Waals surface area (Å²) in [5, 5.41) is 7.11. The molecule has 21 heavy (non-hydrogen) atoms. The fraction of sp³-hybridized carbons (Fsp3) is 0.455. The molecule has 2 aromatic rings. The van der Waals surface area contributed by atoms with Gasteiger partial charge < -0.3 is 10.6 Å². The molecule has 10 heteroatoms. The van der Waals surface area contributed by atoms with Crippen LogP contribution in [0.15, 0.2) is 16.6 Å². The largest absolute Gasteiger partial charge is 0.371 e. The molecule has 0 aliphatic heterocycles. The molecule has 0 aromatic carbocycles. The van der Waals surface area contributed by atoms with Crippen LogP contribution in [0.1, 0.15) is 13.8 Å². The zero-order valence-electron chi connectivity index (χ0n) is 11.9. The molecule has 1 amide bonds. The van der Waals surface area contributed by atoms with Crippen LogP contribution >= 0.6 is 11.3 Å². The second-order valence-corrected chi connectivity index (χ2v) is 7.17. The minimum Gasteiger partial charge on any atom is -0.371 e. The van der Waals surface area contributed by atoms with E-state index in [9.17, 15) is 13.2 Å². The molecule has 0 radical (unpaired) electrons. The van der Waals surface area contributed by atoms with Crippen LogP contribution in [0, 0.1) is 0 Å². The van der Waals surface area contributed by atoms with Crippen molar-refractivity contribution < 1.29 is 13.2 Å². The van der Waals surface area contributed by atoms with Crippen molar-refractivity contribution in [1.82, 2.24) is 19.4 Å². The Morgan fingerprint density at radius 3 is 2.81 bits per heavy atom. The molecule has 0 fully saturated rings. The van der Waals surface area contributed by atoms with Crippen molar-refractivity contribution >= 4 is 38.0 Å². The molecule has 2 aromatic heterocycles. The summed E-state index contributed by atoms with van der Waals surface area (Å²) in [6.07, 6.45) is 1.62. The number of fused-ring (bicyclic) bond motifs is 1. The summed E-state index contributed by atoms with van der Waals surface area (Å²) < 4.78 is 28.5. The number of nitrogens with one attached hydrogen (secondary N) is 3. The average Bonchev–Trinajstić information content (AvgIpc) is 2.94. The third kappa shape index (κ3) is 3.34. The van der Waals surface area contributed by atoms with Crippen LogP contribution in [0.4, 0.5) is 5.82 Å². The maximum Gasteiger partial charge on any atom is 0.260 e. The number of hydrogen-bond donors (Lipinski definition) is 3. The zero-order chi connectivity index (χ0) is 15.6. The molecule has 116 valence electrons. The van der Waals surface area contributed by atoms with Gasteiger partial charge in [0, 0.05) is 24.7 Å². The van der Waals surface area contributed by atoms with E-state index in [2.05, 4.69) is 20.3 Å². The lowest BCUT2D eigenvalue weighted by molar-refractivity contribution is -0.120. The van der Waals surface area contributed by atoms with Crippen LogP contribution in [0.5, 0.6) is 0 Å². The molecule has 0 saturated carbocycles. The van der Waals surface area contributed by atoms with Crippen LogP contribution in [-0.4, -0.2) is 43.3 Å². The molecule has 8 nitrogen and oxygen atoms in total. The van der Waals surface area contributed by atoms with Crippen molar-refractivity contribution in [1.29, 1.82) is 0 Å². The molecular formula is C11H17N5O3S2. The summed E-state index contributed by atoms with van der Waals surface area (Å²) in [5.41, 5.74) is 0. The number of amides is 1. The first-order valence-electron chi connectivity index (χ1n) is 6.27. The minimum absolute atomic E-state index is 0.00130. The molecule has 2 rings (SSSR count). The number of sulfonamides is 1. The van der Waals surface area contributed by atoms with Crippen LogP contribution < -0.4 is 15.4 Å². The molecule has 3 N–H and O–H groups in total. The lowest BCUT2D eigenvalue weighted by Crippen LogP contribution is -2.40. The maximum absolute atomic E-state index is 12.4. The Balaban J connectivity index is 2.25. The molecule has 0 atom stereocenters. The molecule has 0 spiro atoms. The third-order valence-corrected chi connectivity index (χ3v) is 4.76. The Kier molecular flexibility index (Phi) is 4.49. The Bertz CT molecular complexity index is 747.